The molecular formula is C23H24FN7O2. The maximum atomic E-state index is 13.1. The Hall–Kier alpha value is -3.92. The van der Waals surface area contributed by atoms with Crippen LogP contribution < -0.4 is 20.9 Å². The molecule has 1 aliphatic rings. The van der Waals surface area contributed by atoms with E-state index in [9.17, 15) is 14.0 Å². The van der Waals surface area contributed by atoms with Crippen LogP contribution in [0.1, 0.15) is 32.8 Å². The van der Waals surface area contributed by atoms with Gasteiger partial charge < -0.3 is 20.9 Å². The summed E-state index contributed by atoms with van der Waals surface area (Å²) in [6.45, 7) is 5.37. The molecular weight excluding hydrogens is 425 g/mol. The van der Waals surface area contributed by atoms with Crippen LogP contribution in [0.4, 0.5) is 21.7 Å². The van der Waals surface area contributed by atoms with Crippen molar-refractivity contribution in [1.29, 1.82) is 0 Å². The number of carbonyl (C=O) groups excluding carboxylic acids is 2. The molecule has 0 bridgehead atoms. The molecule has 0 aliphatic carbocycles. The molecule has 0 unspecified atom stereocenters. The first-order valence-electron chi connectivity index (χ1n) is 10.6. The lowest BCUT2D eigenvalue weighted by Gasteiger charge is -2.20. The van der Waals surface area contributed by atoms with E-state index in [0.717, 1.165) is 50.2 Å². The van der Waals surface area contributed by atoms with Crippen LogP contribution in [0, 0.1) is 12.7 Å². The summed E-state index contributed by atoms with van der Waals surface area (Å²) in [5, 5.41) is 8.67. The molecule has 33 heavy (non-hydrogen) atoms. The lowest BCUT2D eigenvalue weighted by atomic mass is 10.1. The van der Waals surface area contributed by atoms with Crippen LogP contribution in [-0.4, -0.2) is 52.9 Å². The maximum absolute atomic E-state index is 13.1. The van der Waals surface area contributed by atoms with Crippen LogP contribution in [0.25, 0.3) is 0 Å². The van der Waals surface area contributed by atoms with Gasteiger partial charge in [-0.25, -0.2) is 19.3 Å². The fraction of sp³-hybridized carbons (Fsp3) is 0.261. The number of rotatable bonds is 5. The molecule has 0 atom stereocenters. The average molecular weight is 449 g/mol. The highest BCUT2D eigenvalue weighted by molar-refractivity contribution is 6.12. The number of hydrogen-bond donors (Lipinski definition) is 3. The van der Waals surface area contributed by atoms with E-state index in [1.165, 1.54) is 18.3 Å². The molecule has 10 heteroatoms. The Morgan fingerprint density at radius 2 is 1.85 bits per heavy atom. The van der Waals surface area contributed by atoms with Crippen molar-refractivity contribution in [2.24, 2.45) is 0 Å². The summed E-state index contributed by atoms with van der Waals surface area (Å²) in [6.07, 6.45) is 5.04. The van der Waals surface area contributed by atoms with Crippen molar-refractivity contribution in [2.75, 3.05) is 41.7 Å². The number of pyridine rings is 1. The molecule has 170 valence electrons. The second-order valence-corrected chi connectivity index (χ2v) is 7.67. The monoisotopic (exact) mass is 449 g/mol. The zero-order valence-electron chi connectivity index (χ0n) is 18.1. The van der Waals surface area contributed by atoms with Gasteiger partial charge in [0.1, 0.15) is 23.1 Å². The Morgan fingerprint density at radius 1 is 0.970 bits per heavy atom. The van der Waals surface area contributed by atoms with Gasteiger partial charge in [-0.15, -0.1) is 0 Å². The predicted molar refractivity (Wildman–Crippen MR) is 123 cm³/mol. The Balaban J connectivity index is 1.48. The van der Waals surface area contributed by atoms with E-state index >= 15 is 0 Å². The lowest BCUT2D eigenvalue weighted by molar-refractivity contribution is 0.102. The highest BCUT2D eigenvalue weighted by atomic mass is 19.1. The van der Waals surface area contributed by atoms with Crippen LogP contribution in [0.2, 0.25) is 0 Å². The summed E-state index contributed by atoms with van der Waals surface area (Å²) in [5.41, 5.74) is 1.53. The number of aromatic nitrogens is 3. The van der Waals surface area contributed by atoms with Gasteiger partial charge in [-0.05, 0) is 44.2 Å². The van der Waals surface area contributed by atoms with Gasteiger partial charge >= 0.3 is 0 Å². The third-order valence-corrected chi connectivity index (χ3v) is 5.17. The number of nitrogens with one attached hydrogen (secondary N) is 3. The quantitative estimate of drug-likeness (QED) is 0.549. The van der Waals surface area contributed by atoms with Gasteiger partial charge in [-0.2, -0.15) is 0 Å². The minimum absolute atomic E-state index is 0.138. The summed E-state index contributed by atoms with van der Waals surface area (Å²) >= 11 is 0. The van der Waals surface area contributed by atoms with Crippen molar-refractivity contribution in [3.8, 4) is 0 Å². The van der Waals surface area contributed by atoms with Crippen LogP contribution in [-0.2, 0) is 0 Å². The second kappa shape index (κ2) is 10.1. The number of hydrogen-bond acceptors (Lipinski definition) is 7. The van der Waals surface area contributed by atoms with Crippen molar-refractivity contribution in [1.82, 2.24) is 20.3 Å². The van der Waals surface area contributed by atoms with Crippen LogP contribution in [0.15, 0.2) is 48.9 Å². The van der Waals surface area contributed by atoms with Gasteiger partial charge in [0.25, 0.3) is 11.8 Å². The molecule has 3 aromatic rings. The summed E-state index contributed by atoms with van der Waals surface area (Å²) in [6, 6.07) is 7.64. The van der Waals surface area contributed by atoms with Crippen LogP contribution in [0.3, 0.4) is 0 Å². The largest absolute Gasteiger partial charge is 0.354 e. The standard InChI is InChI=1S/C23H24FN7O2/c1-15-3-5-18(17(11-15)22(32)30-20-6-4-16(24)12-27-20)29-23(33)19-13-28-21(14-26-19)31-9-2-7-25-8-10-31/h3-6,11-14,25H,2,7-10H2,1H3,(H,29,33)(H,27,30,32). The fourth-order valence-corrected chi connectivity index (χ4v) is 3.45. The van der Waals surface area contributed by atoms with Gasteiger partial charge in [0.2, 0.25) is 0 Å². The first-order chi connectivity index (χ1) is 16.0. The Labute approximate surface area is 190 Å². The number of aryl methyl sites for hydroxylation is 1. The van der Waals surface area contributed by atoms with E-state index in [1.54, 1.807) is 24.4 Å². The zero-order chi connectivity index (χ0) is 23.2. The number of anilines is 3. The molecule has 9 nitrogen and oxygen atoms in total. The summed E-state index contributed by atoms with van der Waals surface area (Å²) in [5.74, 6) is -0.548. The van der Waals surface area contributed by atoms with E-state index in [-0.39, 0.29) is 17.1 Å². The third kappa shape index (κ3) is 5.66. The molecule has 2 amide bonds. The summed E-state index contributed by atoms with van der Waals surface area (Å²) < 4.78 is 13.1. The van der Waals surface area contributed by atoms with E-state index < -0.39 is 17.6 Å². The number of amides is 2. The maximum Gasteiger partial charge on any atom is 0.275 e. The lowest BCUT2D eigenvalue weighted by Crippen LogP contribution is -2.29. The molecule has 0 saturated carbocycles. The molecule has 0 spiro atoms. The van der Waals surface area contributed by atoms with Gasteiger partial charge in [0, 0.05) is 19.6 Å². The van der Waals surface area contributed by atoms with Crippen LogP contribution >= 0.6 is 0 Å². The van der Waals surface area contributed by atoms with Crippen molar-refractivity contribution < 1.29 is 14.0 Å². The molecule has 4 rings (SSSR count). The number of halogens is 1. The minimum Gasteiger partial charge on any atom is -0.354 e. The van der Waals surface area contributed by atoms with Gasteiger partial charge in [0.05, 0.1) is 29.8 Å². The highest BCUT2D eigenvalue weighted by Crippen LogP contribution is 2.20. The number of carbonyl (C=O) groups is 2. The summed E-state index contributed by atoms with van der Waals surface area (Å²) in [4.78, 5) is 40.2. The third-order valence-electron chi connectivity index (χ3n) is 5.17. The fourth-order valence-electron chi connectivity index (χ4n) is 3.45. The zero-order valence-corrected chi connectivity index (χ0v) is 18.1. The second-order valence-electron chi connectivity index (χ2n) is 7.67. The predicted octanol–water partition coefficient (Wildman–Crippen LogP) is 2.62. The topological polar surface area (TPSA) is 112 Å². The molecule has 3 heterocycles. The van der Waals surface area contributed by atoms with Gasteiger partial charge in [-0.3, -0.25) is 9.59 Å². The molecule has 1 aromatic carbocycles. The molecule has 2 aromatic heterocycles. The molecule has 3 N–H and O–H groups in total. The average Bonchev–Trinajstić information content (AvgIpc) is 3.11. The first-order valence-corrected chi connectivity index (χ1v) is 10.6. The van der Waals surface area contributed by atoms with E-state index in [0.29, 0.717) is 5.69 Å². The molecule has 1 fully saturated rings. The number of nitrogens with zero attached hydrogens (tertiary/aromatic N) is 4. The smallest absolute Gasteiger partial charge is 0.275 e. The normalized spacial score (nSPS) is 13.8. The highest BCUT2D eigenvalue weighted by Gasteiger charge is 2.17. The van der Waals surface area contributed by atoms with Crippen molar-refractivity contribution in [2.45, 2.75) is 13.3 Å². The molecule has 1 saturated heterocycles. The van der Waals surface area contributed by atoms with Crippen molar-refractivity contribution >= 4 is 29.1 Å². The molecule has 1 aliphatic heterocycles. The van der Waals surface area contributed by atoms with E-state index in [2.05, 4.69) is 35.8 Å². The van der Waals surface area contributed by atoms with Gasteiger partial charge in [-0.1, -0.05) is 11.6 Å². The molecule has 0 radical (unpaired) electrons. The minimum atomic E-state index is -0.504. The Morgan fingerprint density at radius 3 is 2.61 bits per heavy atom. The summed E-state index contributed by atoms with van der Waals surface area (Å²) in [7, 11) is 0. The van der Waals surface area contributed by atoms with Crippen LogP contribution in [0.5, 0.6) is 0 Å². The van der Waals surface area contributed by atoms with Crippen molar-refractivity contribution in [3.05, 3.63) is 71.6 Å². The first kappa shape index (κ1) is 22.3. The number of benzene rings is 1. The van der Waals surface area contributed by atoms with E-state index in [1.807, 2.05) is 6.92 Å². The Bertz CT molecular complexity index is 1130. The van der Waals surface area contributed by atoms with Crippen molar-refractivity contribution in [3.63, 3.8) is 0 Å². The SMILES string of the molecule is Cc1ccc(NC(=O)c2cnc(N3CCCNCC3)cn2)c(C(=O)Nc2ccc(F)cn2)c1. The van der Waals surface area contributed by atoms with E-state index in [4.69, 9.17) is 0 Å². The Kier molecular flexibility index (Phi) is 6.84. The van der Waals surface area contributed by atoms with Gasteiger partial charge in [0.15, 0.2) is 0 Å².